The van der Waals surface area contributed by atoms with Gasteiger partial charge in [-0.1, -0.05) is 44.2 Å². The van der Waals surface area contributed by atoms with Gasteiger partial charge >= 0.3 is 6.09 Å². The number of likely N-dealkylation sites (tertiary alicyclic amines) is 1. The maximum Gasteiger partial charge on any atom is 0.408 e. The molecule has 1 aromatic carbocycles. The highest BCUT2D eigenvalue weighted by molar-refractivity contribution is 8.01. The minimum absolute atomic E-state index is 0.106. The lowest BCUT2D eigenvalue weighted by Crippen LogP contribution is -2.55. The molecular weight excluding hydrogens is 392 g/mol. The molecule has 0 radical (unpaired) electrons. The lowest BCUT2D eigenvalue weighted by atomic mass is 10.0. The Hall–Kier alpha value is -1.77. The van der Waals surface area contributed by atoms with Gasteiger partial charge in [0.15, 0.2) is 11.2 Å². The summed E-state index contributed by atoms with van der Waals surface area (Å²) in [6, 6.07) is 9.46. The quantitative estimate of drug-likeness (QED) is 0.710. The Balaban J connectivity index is 1.53. The predicted molar refractivity (Wildman–Crippen MR) is 111 cm³/mol. The van der Waals surface area contributed by atoms with Crippen molar-refractivity contribution >= 4 is 23.8 Å². The van der Waals surface area contributed by atoms with E-state index >= 15 is 0 Å². The van der Waals surface area contributed by atoms with Crippen LogP contribution in [0.1, 0.15) is 38.7 Å². The van der Waals surface area contributed by atoms with Gasteiger partial charge in [0.05, 0.1) is 13.2 Å². The summed E-state index contributed by atoms with van der Waals surface area (Å²) in [7, 11) is 0. The van der Waals surface area contributed by atoms with Crippen LogP contribution >= 0.6 is 11.8 Å². The van der Waals surface area contributed by atoms with Gasteiger partial charge < -0.3 is 24.4 Å². The average Bonchev–Trinajstić information content (AvgIpc) is 2.73. The van der Waals surface area contributed by atoms with Crippen LogP contribution < -0.4 is 5.32 Å². The Bertz CT molecular complexity index is 669. The highest BCUT2D eigenvalue weighted by atomic mass is 32.2. The highest BCUT2D eigenvalue weighted by Gasteiger charge is 2.40. The molecule has 2 heterocycles. The van der Waals surface area contributed by atoms with E-state index in [2.05, 4.69) is 5.32 Å². The Morgan fingerprint density at radius 3 is 2.45 bits per heavy atom. The van der Waals surface area contributed by atoms with E-state index < -0.39 is 17.3 Å². The number of ether oxygens (including phenoxy) is 3. The van der Waals surface area contributed by atoms with Crippen molar-refractivity contribution in [2.24, 2.45) is 0 Å². The predicted octanol–water partition coefficient (Wildman–Crippen LogP) is 3.14. The monoisotopic (exact) mass is 422 g/mol. The third-order valence-corrected chi connectivity index (χ3v) is 6.09. The number of carbonyl (C=O) groups is 2. The fourth-order valence-electron chi connectivity index (χ4n) is 3.44. The van der Waals surface area contributed by atoms with Gasteiger partial charge in [0.2, 0.25) is 0 Å². The molecule has 0 aliphatic carbocycles. The smallest absolute Gasteiger partial charge is 0.408 e. The number of rotatable bonds is 6. The molecule has 2 aliphatic heterocycles. The van der Waals surface area contributed by atoms with E-state index in [4.69, 9.17) is 14.2 Å². The number of alkyl carbamates (subject to hydrolysis) is 1. The van der Waals surface area contributed by atoms with Crippen molar-refractivity contribution in [2.75, 3.05) is 26.3 Å². The fourth-order valence-corrected chi connectivity index (χ4v) is 4.41. The van der Waals surface area contributed by atoms with Crippen LogP contribution in [-0.2, 0) is 25.6 Å². The summed E-state index contributed by atoms with van der Waals surface area (Å²) >= 11 is 1.41. The second-order valence-electron chi connectivity index (χ2n) is 7.56. The number of thioether (sulfide) groups is 1. The van der Waals surface area contributed by atoms with Gasteiger partial charge in [-0.15, -0.1) is 11.8 Å². The molecule has 1 atom stereocenters. The third-order valence-electron chi connectivity index (χ3n) is 4.95. The summed E-state index contributed by atoms with van der Waals surface area (Å²) in [5.41, 5.74) is 0.899. The van der Waals surface area contributed by atoms with Gasteiger partial charge in [0, 0.05) is 31.2 Å². The lowest BCUT2D eigenvalue weighted by molar-refractivity contribution is -0.282. The van der Waals surface area contributed by atoms with Crippen molar-refractivity contribution in [3.8, 4) is 0 Å². The van der Waals surface area contributed by atoms with Crippen LogP contribution in [0.25, 0.3) is 0 Å². The molecule has 0 saturated carbocycles. The molecule has 1 N–H and O–H groups in total. The van der Waals surface area contributed by atoms with Gasteiger partial charge in [-0.05, 0) is 12.0 Å². The molecule has 0 aromatic heterocycles. The van der Waals surface area contributed by atoms with Crippen LogP contribution in [0, 0.1) is 0 Å². The molecule has 1 spiro atoms. The number of hydrogen-bond acceptors (Lipinski definition) is 6. The van der Waals surface area contributed by atoms with E-state index in [0.29, 0.717) is 39.1 Å². The van der Waals surface area contributed by atoms with Crippen LogP contribution in [0.15, 0.2) is 30.3 Å². The number of nitrogens with one attached hydrogen (secondary N) is 1. The van der Waals surface area contributed by atoms with Crippen molar-refractivity contribution in [2.45, 2.75) is 56.1 Å². The maximum absolute atomic E-state index is 13.1. The highest BCUT2D eigenvalue weighted by Crippen LogP contribution is 2.31. The van der Waals surface area contributed by atoms with E-state index in [-0.39, 0.29) is 17.8 Å². The summed E-state index contributed by atoms with van der Waals surface area (Å²) in [5, 5.41) is 2.23. The van der Waals surface area contributed by atoms with E-state index in [0.717, 1.165) is 12.0 Å². The van der Waals surface area contributed by atoms with Crippen molar-refractivity contribution < 1.29 is 23.8 Å². The first-order valence-corrected chi connectivity index (χ1v) is 11.1. The van der Waals surface area contributed by atoms with Crippen LogP contribution in [0.4, 0.5) is 4.79 Å². The van der Waals surface area contributed by atoms with E-state index in [1.807, 2.05) is 44.2 Å². The molecule has 0 bridgehead atoms. The minimum Gasteiger partial charge on any atom is -0.445 e. The first-order chi connectivity index (χ1) is 14.0. The number of benzene rings is 1. The van der Waals surface area contributed by atoms with Crippen LogP contribution in [0.5, 0.6) is 0 Å². The Morgan fingerprint density at radius 2 is 1.83 bits per heavy atom. The summed E-state index contributed by atoms with van der Waals surface area (Å²) in [5.74, 6) is -0.649. The number of carbonyl (C=O) groups excluding carboxylic acids is 2. The lowest BCUT2D eigenvalue weighted by Gasteiger charge is -2.44. The Kier molecular flexibility index (Phi) is 7.80. The van der Waals surface area contributed by atoms with Crippen molar-refractivity contribution in [1.29, 1.82) is 0 Å². The molecule has 8 heteroatoms. The molecule has 2 saturated heterocycles. The summed E-state index contributed by atoms with van der Waals surface area (Å²) < 4.78 is 17.0. The van der Waals surface area contributed by atoms with Crippen LogP contribution in [0.3, 0.4) is 0 Å². The van der Waals surface area contributed by atoms with Gasteiger partial charge in [0.25, 0.3) is 5.91 Å². The summed E-state index contributed by atoms with van der Waals surface area (Å²) in [6.07, 6.45) is 1.62. The molecular formula is C21H30N2O5S. The van der Waals surface area contributed by atoms with Gasteiger partial charge in [-0.25, -0.2) is 4.79 Å². The first kappa shape index (κ1) is 21.9. The number of nitrogens with zero attached hydrogens (tertiary/aromatic N) is 1. The van der Waals surface area contributed by atoms with Gasteiger partial charge in [-0.3, -0.25) is 4.79 Å². The topological polar surface area (TPSA) is 77.1 Å². The molecule has 2 fully saturated rings. The largest absolute Gasteiger partial charge is 0.445 e. The van der Waals surface area contributed by atoms with Crippen LogP contribution in [0.2, 0.25) is 0 Å². The Labute approximate surface area is 176 Å². The number of hydrogen-bond donors (Lipinski definition) is 1. The Morgan fingerprint density at radius 1 is 1.17 bits per heavy atom. The molecule has 1 unspecified atom stereocenters. The third kappa shape index (κ3) is 6.35. The SMILES string of the molecule is CC(C)SC(NC(=O)OCc1ccccc1)C(=O)N1CCC2(CC1)OCCCO2. The standard InChI is InChI=1S/C21H30N2O5S/c1-16(2)29-18(22-20(25)26-15-17-7-4-3-5-8-17)19(24)23-11-9-21(10-12-23)27-13-6-14-28-21/h3-5,7-8,16,18H,6,9-15H2,1-2H3,(H,22,25). The molecule has 29 heavy (non-hydrogen) atoms. The molecule has 160 valence electrons. The van der Waals surface area contributed by atoms with Crippen molar-refractivity contribution in [3.63, 3.8) is 0 Å². The average molecular weight is 423 g/mol. The summed E-state index contributed by atoms with van der Waals surface area (Å²) in [4.78, 5) is 27.1. The molecule has 7 nitrogen and oxygen atoms in total. The summed E-state index contributed by atoms with van der Waals surface area (Å²) in [6.45, 7) is 6.67. The first-order valence-electron chi connectivity index (χ1n) is 10.2. The second-order valence-corrected chi connectivity index (χ2v) is 9.24. The molecule has 2 aliphatic rings. The molecule has 2 amide bonds. The van der Waals surface area contributed by atoms with Crippen molar-refractivity contribution in [1.82, 2.24) is 10.2 Å². The van der Waals surface area contributed by atoms with Gasteiger partial charge in [0.1, 0.15) is 6.61 Å². The zero-order chi connectivity index (χ0) is 20.7. The van der Waals surface area contributed by atoms with Crippen LogP contribution in [-0.4, -0.2) is 59.6 Å². The van der Waals surface area contributed by atoms with E-state index in [9.17, 15) is 9.59 Å². The number of amides is 2. The zero-order valence-electron chi connectivity index (χ0n) is 17.1. The maximum atomic E-state index is 13.1. The minimum atomic E-state index is -0.680. The van der Waals surface area contributed by atoms with Gasteiger partial charge in [-0.2, -0.15) is 0 Å². The molecule has 1 aromatic rings. The van der Waals surface area contributed by atoms with E-state index in [1.165, 1.54) is 11.8 Å². The van der Waals surface area contributed by atoms with Crippen molar-refractivity contribution in [3.05, 3.63) is 35.9 Å². The fraction of sp³-hybridized carbons (Fsp3) is 0.619. The molecule has 3 rings (SSSR count). The number of piperidine rings is 1. The second kappa shape index (κ2) is 10.3. The van der Waals surface area contributed by atoms with E-state index in [1.54, 1.807) is 4.90 Å². The normalized spacial score (nSPS) is 19.8. The zero-order valence-corrected chi connectivity index (χ0v) is 17.9.